The normalized spacial score (nSPS) is 27.9. The lowest BCUT2D eigenvalue weighted by Crippen LogP contribution is -2.27. The molecule has 2 bridgehead atoms. The van der Waals surface area contributed by atoms with E-state index in [0.717, 1.165) is 42.1 Å². The Bertz CT molecular complexity index is 473. The van der Waals surface area contributed by atoms with E-state index in [1.165, 1.54) is 37.0 Å². The molecule has 1 aromatic heterocycles. The predicted octanol–water partition coefficient (Wildman–Crippen LogP) is 2.20. The second kappa shape index (κ2) is 6.22. The molecule has 2 fully saturated rings. The zero-order valence-electron chi connectivity index (χ0n) is 11.8. The molecular weight excluding hydrogens is 270 g/mol. The molecule has 4 nitrogen and oxygen atoms in total. The monoisotopic (exact) mass is 293 g/mol. The van der Waals surface area contributed by atoms with Crippen molar-refractivity contribution in [1.82, 2.24) is 10.3 Å². The third-order valence-electron chi connectivity index (χ3n) is 4.83. The van der Waals surface area contributed by atoms with Crippen molar-refractivity contribution in [1.29, 1.82) is 0 Å². The molecule has 1 heterocycles. The van der Waals surface area contributed by atoms with Gasteiger partial charge in [-0.25, -0.2) is 4.98 Å². The van der Waals surface area contributed by atoms with E-state index in [2.05, 4.69) is 10.3 Å². The van der Waals surface area contributed by atoms with Gasteiger partial charge in [-0.3, -0.25) is 4.79 Å². The van der Waals surface area contributed by atoms with E-state index in [4.69, 9.17) is 5.73 Å². The molecule has 110 valence electrons. The minimum atomic E-state index is -0.0346. The van der Waals surface area contributed by atoms with Gasteiger partial charge in [0, 0.05) is 18.3 Å². The molecule has 3 unspecified atom stereocenters. The van der Waals surface area contributed by atoms with Gasteiger partial charge >= 0.3 is 0 Å². The van der Waals surface area contributed by atoms with Crippen molar-refractivity contribution in [2.45, 2.75) is 38.5 Å². The van der Waals surface area contributed by atoms with Crippen LogP contribution in [0.5, 0.6) is 0 Å². The molecule has 0 radical (unpaired) electrons. The van der Waals surface area contributed by atoms with Crippen LogP contribution >= 0.6 is 11.3 Å². The van der Waals surface area contributed by atoms with Crippen molar-refractivity contribution in [2.24, 2.45) is 23.5 Å². The van der Waals surface area contributed by atoms with E-state index in [9.17, 15) is 4.79 Å². The highest BCUT2D eigenvalue weighted by molar-refractivity contribution is 7.09. The topological polar surface area (TPSA) is 68.0 Å². The van der Waals surface area contributed by atoms with E-state index >= 15 is 0 Å². The summed E-state index contributed by atoms with van der Waals surface area (Å²) >= 11 is 1.52. The van der Waals surface area contributed by atoms with Gasteiger partial charge in [-0.15, -0.1) is 11.3 Å². The van der Waals surface area contributed by atoms with Crippen molar-refractivity contribution in [3.8, 4) is 0 Å². The predicted molar refractivity (Wildman–Crippen MR) is 80.8 cm³/mol. The average molecular weight is 293 g/mol. The minimum absolute atomic E-state index is 0.0346. The molecule has 0 spiro atoms. The van der Waals surface area contributed by atoms with Crippen LogP contribution in [0, 0.1) is 17.8 Å². The third-order valence-corrected chi connectivity index (χ3v) is 5.74. The molecule has 3 rings (SSSR count). The van der Waals surface area contributed by atoms with Crippen LogP contribution in [-0.4, -0.2) is 24.0 Å². The third kappa shape index (κ3) is 3.04. The summed E-state index contributed by atoms with van der Waals surface area (Å²) in [6.45, 7) is 1.37. The number of nitrogens with one attached hydrogen (secondary N) is 1. The van der Waals surface area contributed by atoms with Crippen LogP contribution in [0.4, 0.5) is 0 Å². The van der Waals surface area contributed by atoms with Gasteiger partial charge in [-0.1, -0.05) is 6.42 Å². The van der Waals surface area contributed by atoms with Crippen molar-refractivity contribution in [3.63, 3.8) is 0 Å². The Morgan fingerprint density at radius 2 is 2.35 bits per heavy atom. The van der Waals surface area contributed by atoms with E-state index in [1.54, 1.807) is 0 Å². The molecule has 0 saturated heterocycles. The summed E-state index contributed by atoms with van der Waals surface area (Å²) in [5.74, 6) is 2.73. The van der Waals surface area contributed by atoms with Gasteiger partial charge in [0.2, 0.25) is 0 Å². The summed E-state index contributed by atoms with van der Waals surface area (Å²) < 4.78 is 0. The molecule has 3 N–H and O–H groups in total. The second-order valence-corrected chi connectivity index (χ2v) is 7.09. The lowest BCUT2D eigenvalue weighted by atomic mass is 9.86. The Balaban J connectivity index is 1.42. The Kier molecular flexibility index (Phi) is 4.36. The number of nitrogens with two attached hydrogens (primary N) is 1. The van der Waals surface area contributed by atoms with Gasteiger partial charge in [-0.05, 0) is 50.0 Å². The Labute approximate surface area is 124 Å². The highest BCUT2D eigenvalue weighted by atomic mass is 32.1. The molecule has 1 aromatic rings. The lowest BCUT2D eigenvalue weighted by Gasteiger charge is -2.21. The summed E-state index contributed by atoms with van der Waals surface area (Å²) in [5.41, 5.74) is 6.04. The molecule has 1 amide bonds. The second-order valence-electron chi connectivity index (χ2n) is 6.14. The Morgan fingerprint density at radius 1 is 1.45 bits per heavy atom. The highest BCUT2D eigenvalue weighted by Crippen LogP contribution is 2.49. The molecule has 20 heavy (non-hydrogen) atoms. The largest absolute Gasteiger partial charge is 0.351 e. The van der Waals surface area contributed by atoms with Crippen LogP contribution in [0.3, 0.4) is 0 Å². The SMILES string of the molecule is NCCc1nc(C(=O)NCCC2CC3CCC2C3)cs1. The van der Waals surface area contributed by atoms with Crippen LogP contribution in [0.2, 0.25) is 0 Å². The zero-order valence-corrected chi connectivity index (χ0v) is 12.6. The van der Waals surface area contributed by atoms with E-state index in [-0.39, 0.29) is 5.91 Å². The maximum Gasteiger partial charge on any atom is 0.270 e. The van der Waals surface area contributed by atoms with Crippen LogP contribution in [0.25, 0.3) is 0 Å². The molecular formula is C15H23N3OS. The number of hydrogen-bond acceptors (Lipinski definition) is 4. The molecule has 0 aliphatic heterocycles. The number of aromatic nitrogens is 1. The van der Waals surface area contributed by atoms with Gasteiger partial charge in [0.15, 0.2) is 0 Å². The summed E-state index contributed by atoms with van der Waals surface area (Å²) in [4.78, 5) is 16.3. The number of carbonyl (C=O) groups is 1. The van der Waals surface area contributed by atoms with E-state index < -0.39 is 0 Å². The van der Waals surface area contributed by atoms with Gasteiger partial charge in [-0.2, -0.15) is 0 Å². The number of thiazole rings is 1. The summed E-state index contributed by atoms with van der Waals surface area (Å²) in [7, 11) is 0. The van der Waals surface area contributed by atoms with E-state index in [0.29, 0.717) is 12.2 Å². The number of fused-ring (bicyclic) bond motifs is 2. The first-order valence-electron chi connectivity index (χ1n) is 7.69. The van der Waals surface area contributed by atoms with Gasteiger partial charge in [0.1, 0.15) is 5.69 Å². The van der Waals surface area contributed by atoms with Crippen molar-refractivity contribution in [2.75, 3.05) is 13.1 Å². The fourth-order valence-electron chi connectivity index (χ4n) is 3.85. The highest BCUT2D eigenvalue weighted by Gasteiger charge is 2.38. The summed E-state index contributed by atoms with van der Waals surface area (Å²) in [6, 6.07) is 0. The van der Waals surface area contributed by atoms with Crippen molar-refractivity contribution in [3.05, 3.63) is 16.1 Å². The first kappa shape index (κ1) is 14.0. The molecule has 0 aromatic carbocycles. The van der Waals surface area contributed by atoms with Crippen LogP contribution < -0.4 is 11.1 Å². The maximum absolute atomic E-state index is 12.0. The Hall–Kier alpha value is -0.940. The van der Waals surface area contributed by atoms with Gasteiger partial charge in [0.05, 0.1) is 5.01 Å². The molecule has 2 aliphatic carbocycles. The molecule has 5 heteroatoms. The van der Waals surface area contributed by atoms with Crippen LogP contribution in [-0.2, 0) is 6.42 Å². The number of nitrogens with zero attached hydrogens (tertiary/aromatic N) is 1. The number of amides is 1. The fraction of sp³-hybridized carbons (Fsp3) is 0.733. The van der Waals surface area contributed by atoms with E-state index in [1.807, 2.05) is 5.38 Å². The summed E-state index contributed by atoms with van der Waals surface area (Å²) in [5, 5.41) is 5.80. The average Bonchev–Trinajstić information content (AvgIpc) is 3.14. The minimum Gasteiger partial charge on any atom is -0.351 e. The standard InChI is InChI=1S/C15H23N3OS/c16-5-3-14-18-13(9-20-14)15(19)17-6-4-12-8-10-1-2-11(12)7-10/h9-12H,1-8,16H2,(H,17,19). The quantitative estimate of drug-likeness (QED) is 0.845. The van der Waals surface area contributed by atoms with Crippen LogP contribution in [0.15, 0.2) is 5.38 Å². The Morgan fingerprint density at radius 3 is 3.05 bits per heavy atom. The molecule has 2 aliphatic rings. The first-order chi connectivity index (χ1) is 9.76. The van der Waals surface area contributed by atoms with Gasteiger partial charge in [0.25, 0.3) is 5.91 Å². The fourth-order valence-corrected chi connectivity index (χ4v) is 4.64. The smallest absolute Gasteiger partial charge is 0.270 e. The summed E-state index contributed by atoms with van der Waals surface area (Å²) in [6.07, 6.45) is 7.56. The first-order valence-corrected chi connectivity index (χ1v) is 8.57. The zero-order chi connectivity index (χ0) is 13.9. The number of rotatable bonds is 6. The molecule has 2 saturated carbocycles. The number of hydrogen-bond donors (Lipinski definition) is 2. The molecule has 3 atom stereocenters. The maximum atomic E-state index is 12.0. The number of carbonyl (C=O) groups excluding carboxylic acids is 1. The lowest BCUT2D eigenvalue weighted by molar-refractivity contribution is 0.0945. The van der Waals surface area contributed by atoms with Crippen molar-refractivity contribution < 1.29 is 4.79 Å². The van der Waals surface area contributed by atoms with Gasteiger partial charge < -0.3 is 11.1 Å². The van der Waals surface area contributed by atoms with Crippen LogP contribution in [0.1, 0.15) is 47.6 Å². The van der Waals surface area contributed by atoms with Crippen molar-refractivity contribution >= 4 is 17.2 Å².